The Kier molecular flexibility index (Phi) is 6.19. The average Bonchev–Trinajstić information content (AvgIpc) is 3.54. The van der Waals surface area contributed by atoms with Crippen LogP contribution >= 0.6 is 0 Å². The van der Waals surface area contributed by atoms with Crippen molar-refractivity contribution in [3.05, 3.63) is 107 Å². The second-order valence-electron chi connectivity index (χ2n) is 10.5. The van der Waals surface area contributed by atoms with Crippen LogP contribution < -0.4 is 0 Å². The summed E-state index contributed by atoms with van der Waals surface area (Å²) in [7, 11) is 0. The van der Waals surface area contributed by atoms with Gasteiger partial charge < -0.3 is 9.47 Å². The zero-order chi connectivity index (χ0) is 25.5. The van der Waals surface area contributed by atoms with Crippen LogP contribution in [0.25, 0.3) is 11.6 Å². The quantitative estimate of drug-likeness (QED) is 0.262. The fourth-order valence-electron chi connectivity index (χ4n) is 7.29. The van der Waals surface area contributed by atoms with Crippen LogP contribution in [0.4, 0.5) is 0 Å². The van der Waals surface area contributed by atoms with Crippen molar-refractivity contribution in [1.29, 1.82) is 0 Å². The molecule has 0 spiro atoms. The van der Waals surface area contributed by atoms with Gasteiger partial charge >= 0.3 is 11.9 Å². The van der Waals surface area contributed by atoms with Crippen LogP contribution in [0.2, 0.25) is 0 Å². The van der Waals surface area contributed by atoms with Gasteiger partial charge in [0.1, 0.15) is 12.2 Å². The summed E-state index contributed by atoms with van der Waals surface area (Å²) in [5, 5.41) is 0. The molecule has 2 aromatic carbocycles. The number of carbonyl (C=O) groups is 2. The molecule has 0 aliphatic heterocycles. The first-order valence-corrected chi connectivity index (χ1v) is 13.3. The van der Waals surface area contributed by atoms with Crippen molar-refractivity contribution in [3.63, 3.8) is 0 Å². The van der Waals surface area contributed by atoms with E-state index < -0.39 is 12.2 Å². The van der Waals surface area contributed by atoms with E-state index in [1.54, 1.807) is 24.3 Å². The van der Waals surface area contributed by atoms with Gasteiger partial charge in [0.2, 0.25) is 0 Å². The van der Waals surface area contributed by atoms with Gasteiger partial charge in [-0.25, -0.2) is 9.59 Å². The largest absolute Gasteiger partial charge is 0.455 e. The fraction of sp³-hybridized carbons (Fsp3) is 0.333. The molecule has 188 valence electrons. The highest BCUT2D eigenvalue weighted by atomic mass is 16.6. The van der Waals surface area contributed by atoms with Crippen molar-refractivity contribution in [2.75, 3.05) is 0 Å². The molecule has 2 bridgehead atoms. The lowest BCUT2D eigenvalue weighted by atomic mass is 9.75. The molecule has 2 aromatic rings. The first kappa shape index (κ1) is 23.7. The molecule has 37 heavy (non-hydrogen) atoms. The van der Waals surface area contributed by atoms with Crippen molar-refractivity contribution in [2.24, 2.45) is 23.7 Å². The molecule has 6 unspecified atom stereocenters. The zero-order valence-corrected chi connectivity index (χ0v) is 21.3. The normalized spacial score (nSPS) is 29.6. The van der Waals surface area contributed by atoms with Gasteiger partial charge in [-0.05, 0) is 73.8 Å². The summed E-state index contributed by atoms with van der Waals surface area (Å²) in [5.41, 5.74) is 6.54. The lowest BCUT2D eigenvalue weighted by Gasteiger charge is -2.38. The number of carbonyl (C=O) groups excluding carboxylic acids is 2. The van der Waals surface area contributed by atoms with Crippen molar-refractivity contribution >= 4 is 23.6 Å². The van der Waals surface area contributed by atoms with E-state index in [1.165, 1.54) is 22.3 Å². The number of benzene rings is 2. The van der Waals surface area contributed by atoms with Crippen LogP contribution in [0.3, 0.4) is 0 Å². The molecule has 4 aliphatic rings. The predicted molar refractivity (Wildman–Crippen MR) is 144 cm³/mol. The molecular formula is C33H32O4. The number of hydrogen-bond donors (Lipinski definition) is 0. The minimum atomic E-state index is -0.457. The second kappa shape index (κ2) is 9.66. The first-order valence-electron chi connectivity index (χ1n) is 13.3. The van der Waals surface area contributed by atoms with Crippen LogP contribution in [0.15, 0.2) is 90.0 Å². The maximum Gasteiger partial charge on any atom is 0.338 e. The van der Waals surface area contributed by atoms with Crippen LogP contribution in [0, 0.1) is 23.7 Å². The molecule has 0 radical (unpaired) electrons. The van der Waals surface area contributed by atoms with Gasteiger partial charge in [0, 0.05) is 11.8 Å². The lowest BCUT2D eigenvalue weighted by Crippen LogP contribution is -2.46. The molecular weight excluding hydrogens is 460 g/mol. The molecule has 0 aromatic heterocycles. The van der Waals surface area contributed by atoms with E-state index in [2.05, 4.69) is 36.4 Å². The molecule has 4 nitrogen and oxygen atoms in total. The Morgan fingerprint density at radius 2 is 1.65 bits per heavy atom. The Hall–Kier alpha value is -3.66. The van der Waals surface area contributed by atoms with Gasteiger partial charge in [-0.2, -0.15) is 0 Å². The third-order valence-corrected chi connectivity index (χ3v) is 8.72. The van der Waals surface area contributed by atoms with E-state index in [1.807, 2.05) is 38.1 Å². The van der Waals surface area contributed by atoms with E-state index in [0.717, 1.165) is 19.3 Å². The molecule has 6 atom stereocenters. The molecule has 2 saturated carbocycles. The summed E-state index contributed by atoms with van der Waals surface area (Å²) in [6, 6.07) is 17.7. The summed E-state index contributed by atoms with van der Waals surface area (Å²) in [5.74, 6) is 0.345. The summed E-state index contributed by atoms with van der Waals surface area (Å²) in [6.07, 6.45) is 11.8. The van der Waals surface area contributed by atoms with E-state index in [4.69, 9.17) is 9.47 Å². The van der Waals surface area contributed by atoms with Crippen molar-refractivity contribution in [3.8, 4) is 0 Å². The molecule has 6 rings (SSSR count). The maximum atomic E-state index is 13.2. The first-order chi connectivity index (χ1) is 18.1. The highest BCUT2D eigenvalue weighted by molar-refractivity contribution is 5.92. The molecule has 0 N–H and O–H groups in total. The highest BCUT2D eigenvalue weighted by Crippen LogP contribution is 2.64. The van der Waals surface area contributed by atoms with Gasteiger partial charge in [0.15, 0.2) is 0 Å². The lowest BCUT2D eigenvalue weighted by molar-refractivity contribution is -0.157. The molecule has 0 amide bonds. The summed E-state index contributed by atoms with van der Waals surface area (Å²) >= 11 is 0. The standard InChI is InChI=1S/C33H32O4/c1-3-11-20(4-2)32(34)36-30-27-19-28(31(30)37-33(35)22-13-6-5-7-14-22)29-24-17-10-15-21-12-8-9-16-23(21)25(24)18-26(27)29/h3-16,26-31H,17-19H2,1-2H3/b11-3-,20-4+. The Bertz CT molecular complexity index is 1350. The third kappa shape index (κ3) is 3.99. The van der Waals surface area contributed by atoms with Crippen molar-refractivity contribution < 1.29 is 19.1 Å². The van der Waals surface area contributed by atoms with E-state index in [0.29, 0.717) is 23.0 Å². The van der Waals surface area contributed by atoms with Crippen LogP contribution in [-0.4, -0.2) is 24.1 Å². The molecule has 4 heteroatoms. The maximum absolute atomic E-state index is 13.2. The Labute approximate surface area is 218 Å². The molecule has 4 aliphatic carbocycles. The number of ether oxygens (including phenoxy) is 2. The van der Waals surface area contributed by atoms with E-state index in [9.17, 15) is 9.59 Å². The Balaban J connectivity index is 1.34. The Morgan fingerprint density at radius 1 is 0.892 bits per heavy atom. The number of hydrogen-bond acceptors (Lipinski definition) is 4. The minimum Gasteiger partial charge on any atom is -0.455 e. The molecule has 0 heterocycles. The average molecular weight is 493 g/mol. The summed E-state index contributed by atoms with van der Waals surface area (Å²) < 4.78 is 12.4. The number of fused-ring (bicyclic) bond motifs is 8. The molecule has 0 saturated heterocycles. The topological polar surface area (TPSA) is 52.6 Å². The van der Waals surface area contributed by atoms with Crippen molar-refractivity contribution in [2.45, 2.75) is 45.3 Å². The predicted octanol–water partition coefficient (Wildman–Crippen LogP) is 6.80. The van der Waals surface area contributed by atoms with Gasteiger partial charge in [-0.15, -0.1) is 0 Å². The van der Waals surface area contributed by atoms with Crippen LogP contribution in [-0.2, 0) is 14.3 Å². The van der Waals surface area contributed by atoms with Gasteiger partial charge in [-0.1, -0.05) is 78.4 Å². The number of allylic oxidation sites excluding steroid dienone is 5. The van der Waals surface area contributed by atoms with Gasteiger partial charge in [0.05, 0.1) is 11.1 Å². The van der Waals surface area contributed by atoms with Crippen LogP contribution in [0.5, 0.6) is 0 Å². The molecule has 2 fully saturated rings. The minimum absolute atomic E-state index is 0.141. The summed E-state index contributed by atoms with van der Waals surface area (Å²) in [4.78, 5) is 26.3. The Morgan fingerprint density at radius 3 is 2.43 bits per heavy atom. The monoisotopic (exact) mass is 492 g/mol. The van der Waals surface area contributed by atoms with E-state index in [-0.39, 0.29) is 23.8 Å². The van der Waals surface area contributed by atoms with Crippen molar-refractivity contribution in [1.82, 2.24) is 0 Å². The highest BCUT2D eigenvalue weighted by Gasteiger charge is 2.64. The summed E-state index contributed by atoms with van der Waals surface area (Å²) in [6.45, 7) is 3.72. The SMILES string of the molecule is C/C=C\C(=C/C)C(=O)OC1C2CC(C1OC(=O)c1ccccc1)C1C3=C(CC21)c1ccccc1C=CC3. The van der Waals surface area contributed by atoms with Gasteiger partial charge in [0.25, 0.3) is 0 Å². The third-order valence-electron chi connectivity index (χ3n) is 8.72. The van der Waals surface area contributed by atoms with Crippen LogP contribution in [0.1, 0.15) is 54.6 Å². The second-order valence-corrected chi connectivity index (χ2v) is 10.5. The van der Waals surface area contributed by atoms with Gasteiger partial charge in [-0.3, -0.25) is 0 Å². The number of rotatable bonds is 5. The smallest absolute Gasteiger partial charge is 0.338 e. The zero-order valence-electron chi connectivity index (χ0n) is 21.3. The van der Waals surface area contributed by atoms with E-state index >= 15 is 0 Å². The number of esters is 2. The fourth-order valence-corrected chi connectivity index (χ4v) is 7.29.